The van der Waals surface area contributed by atoms with Crippen molar-refractivity contribution in [3.63, 3.8) is 0 Å². The first-order valence-corrected chi connectivity index (χ1v) is 3.99. The summed E-state index contributed by atoms with van der Waals surface area (Å²) >= 11 is 0. The van der Waals surface area contributed by atoms with Crippen LogP contribution in [0, 0.1) is 0 Å². The number of carboxylic acid groups (broad SMARTS) is 1. The molecule has 0 saturated heterocycles. The molecule has 0 aromatic rings. The lowest BCUT2D eigenvalue weighted by Crippen LogP contribution is -2.34. The van der Waals surface area contributed by atoms with Gasteiger partial charge >= 0.3 is 12.1 Å². The number of rotatable bonds is 4. The normalized spacial score (nSPS) is 13.9. The molecule has 15 heavy (non-hydrogen) atoms. The van der Waals surface area contributed by atoms with E-state index >= 15 is 0 Å². The summed E-state index contributed by atoms with van der Waals surface area (Å²) in [7, 11) is 0. The fourth-order valence-corrected chi connectivity index (χ4v) is 0.836. The Morgan fingerprint density at radius 1 is 1.40 bits per heavy atom. The van der Waals surface area contributed by atoms with Crippen molar-refractivity contribution in [3.05, 3.63) is 12.2 Å². The first kappa shape index (κ1) is 13.5. The highest BCUT2D eigenvalue weighted by molar-refractivity contribution is 5.93. The summed E-state index contributed by atoms with van der Waals surface area (Å²) in [5.41, 5.74) is 0. The SMILES string of the molecule is CC(CC(F)(F)F)NC(=O)/C=C/C(=O)O. The van der Waals surface area contributed by atoms with Crippen molar-refractivity contribution in [3.8, 4) is 0 Å². The number of carbonyl (C=O) groups excluding carboxylic acids is 1. The predicted octanol–water partition coefficient (Wildman–Crippen LogP) is 1.08. The van der Waals surface area contributed by atoms with Gasteiger partial charge in [-0.15, -0.1) is 0 Å². The summed E-state index contributed by atoms with van der Waals surface area (Å²) in [5, 5.41) is 10.1. The van der Waals surface area contributed by atoms with Crippen LogP contribution in [0.25, 0.3) is 0 Å². The van der Waals surface area contributed by atoms with Crippen molar-refractivity contribution in [2.45, 2.75) is 25.6 Å². The average molecular weight is 225 g/mol. The zero-order valence-electron chi connectivity index (χ0n) is 7.84. The molecule has 1 amide bonds. The van der Waals surface area contributed by atoms with E-state index in [1.165, 1.54) is 6.92 Å². The van der Waals surface area contributed by atoms with Gasteiger partial charge in [0.2, 0.25) is 5.91 Å². The van der Waals surface area contributed by atoms with Crippen LogP contribution in [0.5, 0.6) is 0 Å². The van der Waals surface area contributed by atoms with Crippen LogP contribution in [0.4, 0.5) is 13.2 Å². The highest BCUT2D eigenvalue weighted by Crippen LogP contribution is 2.21. The summed E-state index contributed by atoms with van der Waals surface area (Å²) in [6.07, 6.45) is -4.30. The summed E-state index contributed by atoms with van der Waals surface area (Å²) in [5.74, 6) is -2.21. The molecule has 7 heteroatoms. The third-order valence-corrected chi connectivity index (χ3v) is 1.30. The molecule has 0 heterocycles. The van der Waals surface area contributed by atoms with Crippen molar-refractivity contribution in [2.75, 3.05) is 0 Å². The summed E-state index contributed by atoms with van der Waals surface area (Å²) in [4.78, 5) is 20.8. The molecule has 0 aromatic heterocycles. The van der Waals surface area contributed by atoms with E-state index in [1.54, 1.807) is 0 Å². The van der Waals surface area contributed by atoms with Crippen molar-refractivity contribution in [1.82, 2.24) is 5.32 Å². The second-order valence-corrected chi connectivity index (χ2v) is 2.90. The van der Waals surface area contributed by atoms with Crippen LogP contribution >= 0.6 is 0 Å². The molecule has 1 unspecified atom stereocenters. The Bertz CT molecular complexity index is 273. The second-order valence-electron chi connectivity index (χ2n) is 2.90. The highest BCUT2D eigenvalue weighted by atomic mass is 19.4. The molecule has 0 aromatic carbocycles. The summed E-state index contributed by atoms with van der Waals surface area (Å²) < 4.78 is 35.4. The van der Waals surface area contributed by atoms with Gasteiger partial charge in [-0.25, -0.2) is 4.79 Å². The van der Waals surface area contributed by atoms with E-state index in [2.05, 4.69) is 0 Å². The molecule has 0 aliphatic heterocycles. The van der Waals surface area contributed by atoms with Gasteiger partial charge in [-0.1, -0.05) is 0 Å². The van der Waals surface area contributed by atoms with E-state index in [9.17, 15) is 22.8 Å². The molecule has 0 aliphatic rings. The minimum absolute atomic E-state index is 0.551. The van der Waals surface area contributed by atoms with E-state index in [1.807, 2.05) is 5.32 Å². The number of nitrogens with one attached hydrogen (secondary N) is 1. The molecule has 2 N–H and O–H groups in total. The summed E-state index contributed by atoms with van der Waals surface area (Å²) in [6, 6.07) is -1.09. The van der Waals surface area contributed by atoms with Crippen LogP contribution in [0.2, 0.25) is 0 Å². The number of carbonyl (C=O) groups is 2. The molecule has 0 radical (unpaired) electrons. The van der Waals surface area contributed by atoms with Gasteiger partial charge in [0, 0.05) is 18.2 Å². The van der Waals surface area contributed by atoms with Gasteiger partial charge in [0.05, 0.1) is 6.42 Å². The monoisotopic (exact) mass is 225 g/mol. The lowest BCUT2D eigenvalue weighted by atomic mass is 10.2. The fourth-order valence-electron chi connectivity index (χ4n) is 0.836. The van der Waals surface area contributed by atoms with Gasteiger partial charge < -0.3 is 10.4 Å². The molecule has 0 spiro atoms. The Balaban J connectivity index is 4.02. The smallest absolute Gasteiger partial charge is 0.391 e. The fraction of sp³-hybridized carbons (Fsp3) is 0.500. The molecular weight excluding hydrogens is 215 g/mol. The van der Waals surface area contributed by atoms with Gasteiger partial charge in [0.1, 0.15) is 0 Å². The number of hydrogen-bond donors (Lipinski definition) is 2. The lowest BCUT2D eigenvalue weighted by Gasteiger charge is -2.14. The van der Waals surface area contributed by atoms with Crippen LogP contribution in [0.1, 0.15) is 13.3 Å². The second kappa shape index (κ2) is 5.38. The van der Waals surface area contributed by atoms with Crippen LogP contribution in [0.15, 0.2) is 12.2 Å². The number of aliphatic carboxylic acids is 1. The third-order valence-electron chi connectivity index (χ3n) is 1.30. The Hall–Kier alpha value is -1.53. The molecule has 4 nitrogen and oxygen atoms in total. The maximum Gasteiger partial charge on any atom is 0.391 e. The maximum atomic E-state index is 11.8. The lowest BCUT2D eigenvalue weighted by molar-refractivity contribution is -0.141. The molecule has 0 saturated carbocycles. The summed E-state index contributed by atoms with van der Waals surface area (Å²) in [6.45, 7) is 1.18. The van der Waals surface area contributed by atoms with Gasteiger partial charge in [-0.3, -0.25) is 4.79 Å². The highest BCUT2D eigenvalue weighted by Gasteiger charge is 2.30. The molecule has 1 atom stereocenters. The van der Waals surface area contributed by atoms with Crippen molar-refractivity contribution in [1.29, 1.82) is 0 Å². The van der Waals surface area contributed by atoms with Gasteiger partial charge in [0.15, 0.2) is 0 Å². The Morgan fingerprint density at radius 3 is 2.33 bits per heavy atom. The Morgan fingerprint density at radius 2 is 1.93 bits per heavy atom. The minimum Gasteiger partial charge on any atom is -0.478 e. The van der Waals surface area contributed by atoms with Gasteiger partial charge in [0.25, 0.3) is 0 Å². The van der Waals surface area contributed by atoms with Crippen molar-refractivity contribution >= 4 is 11.9 Å². The molecule has 86 valence electrons. The van der Waals surface area contributed by atoms with Crippen LogP contribution < -0.4 is 5.32 Å². The van der Waals surface area contributed by atoms with Crippen LogP contribution in [-0.4, -0.2) is 29.2 Å². The van der Waals surface area contributed by atoms with Crippen molar-refractivity contribution in [2.24, 2.45) is 0 Å². The predicted molar refractivity (Wildman–Crippen MR) is 45.1 cm³/mol. The van der Waals surface area contributed by atoms with Crippen LogP contribution in [-0.2, 0) is 9.59 Å². The molecular formula is C8H10F3NO3. The first-order chi connectivity index (χ1) is 6.70. The number of hydrogen-bond acceptors (Lipinski definition) is 2. The first-order valence-electron chi connectivity index (χ1n) is 3.99. The molecule has 0 bridgehead atoms. The van der Waals surface area contributed by atoms with Crippen molar-refractivity contribution < 1.29 is 27.9 Å². The van der Waals surface area contributed by atoms with E-state index in [4.69, 9.17) is 5.11 Å². The molecule has 0 fully saturated rings. The number of carboxylic acids is 1. The van der Waals surface area contributed by atoms with Gasteiger partial charge in [-0.2, -0.15) is 13.2 Å². The standard InChI is InChI=1S/C8H10F3NO3/c1-5(4-8(9,10)11)12-6(13)2-3-7(14)15/h2-3,5H,4H2,1H3,(H,12,13)(H,14,15)/b3-2+. The molecule has 0 rings (SSSR count). The van der Waals surface area contributed by atoms with E-state index in [0.29, 0.717) is 12.2 Å². The number of amides is 1. The maximum absolute atomic E-state index is 11.8. The van der Waals surface area contributed by atoms with E-state index in [0.717, 1.165) is 0 Å². The third kappa shape index (κ3) is 8.79. The quantitative estimate of drug-likeness (QED) is 0.703. The zero-order chi connectivity index (χ0) is 12.1. The van der Waals surface area contributed by atoms with Crippen LogP contribution in [0.3, 0.4) is 0 Å². The average Bonchev–Trinajstić information content (AvgIpc) is 1.96. The number of alkyl halides is 3. The Labute approximate surface area is 83.8 Å². The minimum atomic E-state index is -4.36. The molecule has 0 aliphatic carbocycles. The topological polar surface area (TPSA) is 66.4 Å². The Kier molecular flexibility index (Phi) is 4.83. The largest absolute Gasteiger partial charge is 0.478 e. The van der Waals surface area contributed by atoms with E-state index < -0.39 is 30.5 Å². The zero-order valence-corrected chi connectivity index (χ0v) is 7.84. The van der Waals surface area contributed by atoms with Gasteiger partial charge in [-0.05, 0) is 6.92 Å². The van der Waals surface area contributed by atoms with E-state index in [-0.39, 0.29) is 0 Å². The number of halogens is 3.